The van der Waals surface area contributed by atoms with Crippen LogP contribution < -0.4 is 10.8 Å². The zero-order valence-corrected chi connectivity index (χ0v) is 9.76. The molecular formula is C10H9ClFN5O. The number of aromatic nitrogens is 2. The minimum absolute atomic E-state index is 0.234. The SMILES string of the molecule is N=C(N(O)c1cc(Cl)ccc1F)n1cc(N)cn1. The van der Waals surface area contributed by atoms with Gasteiger partial charge in [-0.25, -0.2) is 9.07 Å². The Morgan fingerprint density at radius 1 is 1.56 bits per heavy atom. The van der Waals surface area contributed by atoms with Gasteiger partial charge < -0.3 is 5.73 Å². The highest BCUT2D eigenvalue weighted by molar-refractivity contribution is 6.30. The van der Waals surface area contributed by atoms with E-state index in [0.29, 0.717) is 10.8 Å². The van der Waals surface area contributed by atoms with Gasteiger partial charge in [0, 0.05) is 5.02 Å². The van der Waals surface area contributed by atoms with Gasteiger partial charge in [-0.15, -0.1) is 0 Å². The predicted molar refractivity (Wildman–Crippen MR) is 65.4 cm³/mol. The summed E-state index contributed by atoms with van der Waals surface area (Å²) in [5.41, 5.74) is 5.50. The Labute approximate surface area is 106 Å². The number of nitrogens with two attached hydrogens (primary N) is 1. The highest BCUT2D eigenvalue weighted by atomic mass is 35.5. The van der Waals surface area contributed by atoms with Gasteiger partial charge in [-0.3, -0.25) is 10.6 Å². The number of nitrogens with zero attached hydrogens (tertiary/aromatic N) is 3. The molecule has 94 valence electrons. The van der Waals surface area contributed by atoms with Gasteiger partial charge in [0.05, 0.1) is 18.1 Å². The van der Waals surface area contributed by atoms with Crippen molar-refractivity contribution in [3.05, 3.63) is 41.4 Å². The normalized spacial score (nSPS) is 10.4. The van der Waals surface area contributed by atoms with Crippen molar-refractivity contribution in [2.24, 2.45) is 0 Å². The fourth-order valence-electron chi connectivity index (χ4n) is 1.31. The predicted octanol–water partition coefficient (Wildman–Crippen LogP) is 1.94. The molecule has 0 aliphatic carbocycles. The number of anilines is 2. The van der Waals surface area contributed by atoms with Crippen LogP contribution in [0.4, 0.5) is 15.8 Å². The molecule has 18 heavy (non-hydrogen) atoms. The first-order chi connectivity index (χ1) is 8.49. The van der Waals surface area contributed by atoms with Gasteiger partial charge in [-0.05, 0) is 18.2 Å². The van der Waals surface area contributed by atoms with Crippen LogP contribution in [0.15, 0.2) is 30.6 Å². The van der Waals surface area contributed by atoms with E-state index in [2.05, 4.69) is 5.10 Å². The number of hydrogen-bond donors (Lipinski definition) is 3. The standard InChI is InChI=1S/C10H9ClFN5O/c11-6-1-2-8(12)9(3-6)17(18)10(14)16-5-7(13)4-15-16/h1-5,14,18H,13H2. The Morgan fingerprint density at radius 2 is 2.28 bits per heavy atom. The third-order valence-electron chi connectivity index (χ3n) is 2.16. The van der Waals surface area contributed by atoms with Crippen LogP contribution in [0.25, 0.3) is 0 Å². The average molecular weight is 270 g/mol. The van der Waals surface area contributed by atoms with Gasteiger partial charge in [0.15, 0.2) is 0 Å². The Morgan fingerprint density at radius 3 is 2.89 bits per heavy atom. The number of nitrogen functional groups attached to an aromatic ring is 1. The summed E-state index contributed by atoms with van der Waals surface area (Å²) in [5, 5.41) is 21.7. The van der Waals surface area contributed by atoms with Crippen LogP contribution in [0.3, 0.4) is 0 Å². The van der Waals surface area contributed by atoms with Crippen LogP contribution in [0.5, 0.6) is 0 Å². The molecule has 0 bridgehead atoms. The van der Waals surface area contributed by atoms with Gasteiger partial charge in [-0.1, -0.05) is 11.6 Å². The second-order valence-electron chi connectivity index (χ2n) is 3.45. The van der Waals surface area contributed by atoms with E-state index in [1.807, 2.05) is 0 Å². The highest BCUT2D eigenvalue weighted by Crippen LogP contribution is 2.22. The summed E-state index contributed by atoms with van der Waals surface area (Å²) in [4.78, 5) is 0. The first-order valence-electron chi connectivity index (χ1n) is 4.82. The third kappa shape index (κ3) is 2.27. The summed E-state index contributed by atoms with van der Waals surface area (Å²) in [5.74, 6) is -1.19. The lowest BCUT2D eigenvalue weighted by molar-refractivity contribution is 0.302. The fourth-order valence-corrected chi connectivity index (χ4v) is 1.48. The van der Waals surface area contributed by atoms with E-state index in [9.17, 15) is 9.60 Å². The number of hydroxylamine groups is 1. The molecule has 1 aromatic carbocycles. The lowest BCUT2D eigenvalue weighted by Crippen LogP contribution is -2.33. The van der Waals surface area contributed by atoms with E-state index in [0.717, 1.165) is 10.7 Å². The molecule has 0 unspecified atom stereocenters. The number of halogens is 2. The molecule has 0 aliphatic rings. The van der Waals surface area contributed by atoms with Crippen LogP contribution in [0.2, 0.25) is 5.02 Å². The number of hydrogen-bond acceptors (Lipinski definition) is 4. The van der Waals surface area contributed by atoms with Crippen molar-refractivity contribution in [3.63, 3.8) is 0 Å². The molecule has 0 amide bonds. The van der Waals surface area contributed by atoms with Gasteiger partial charge in [-0.2, -0.15) is 10.2 Å². The van der Waals surface area contributed by atoms with Crippen LogP contribution in [0.1, 0.15) is 0 Å². The molecule has 6 nitrogen and oxygen atoms in total. The monoisotopic (exact) mass is 269 g/mol. The molecule has 0 saturated carbocycles. The second-order valence-corrected chi connectivity index (χ2v) is 3.89. The lowest BCUT2D eigenvalue weighted by atomic mass is 10.3. The van der Waals surface area contributed by atoms with E-state index in [4.69, 9.17) is 22.7 Å². The minimum Gasteiger partial charge on any atom is -0.396 e. The Hall–Kier alpha value is -2.12. The molecule has 1 aromatic heterocycles. The molecule has 2 aromatic rings. The van der Waals surface area contributed by atoms with Crippen molar-refractivity contribution in [2.45, 2.75) is 0 Å². The van der Waals surface area contributed by atoms with Crippen LogP contribution >= 0.6 is 11.6 Å². The van der Waals surface area contributed by atoms with Gasteiger partial charge in [0.1, 0.15) is 11.5 Å². The zero-order valence-electron chi connectivity index (χ0n) is 9.01. The number of benzene rings is 1. The maximum atomic E-state index is 13.5. The molecule has 8 heteroatoms. The van der Waals surface area contributed by atoms with E-state index in [-0.39, 0.29) is 10.7 Å². The summed E-state index contributed by atoms with van der Waals surface area (Å²) in [6.45, 7) is 0. The molecule has 4 N–H and O–H groups in total. The van der Waals surface area contributed by atoms with Gasteiger partial charge >= 0.3 is 0 Å². The molecule has 0 aliphatic heterocycles. The molecule has 0 spiro atoms. The van der Waals surface area contributed by atoms with Crippen molar-refractivity contribution < 1.29 is 9.60 Å². The molecule has 0 fully saturated rings. The van der Waals surface area contributed by atoms with Crippen LogP contribution in [-0.2, 0) is 0 Å². The quantitative estimate of drug-likeness (QED) is 0.419. The van der Waals surface area contributed by atoms with Gasteiger partial charge in [0.25, 0.3) is 0 Å². The van der Waals surface area contributed by atoms with Crippen molar-refractivity contribution >= 4 is 28.9 Å². The van der Waals surface area contributed by atoms with E-state index >= 15 is 0 Å². The van der Waals surface area contributed by atoms with Crippen molar-refractivity contribution in [3.8, 4) is 0 Å². The van der Waals surface area contributed by atoms with Crippen molar-refractivity contribution in [1.29, 1.82) is 5.41 Å². The molecular weight excluding hydrogens is 261 g/mol. The zero-order chi connectivity index (χ0) is 13.3. The summed E-state index contributed by atoms with van der Waals surface area (Å²) in [7, 11) is 0. The molecule has 0 saturated heterocycles. The highest BCUT2D eigenvalue weighted by Gasteiger charge is 2.16. The Bertz CT molecular complexity index is 600. The summed E-state index contributed by atoms with van der Waals surface area (Å²) >= 11 is 5.70. The topological polar surface area (TPSA) is 91.2 Å². The molecule has 0 radical (unpaired) electrons. The van der Waals surface area contributed by atoms with Gasteiger partial charge in [0.2, 0.25) is 5.96 Å². The largest absolute Gasteiger partial charge is 0.396 e. The number of rotatable bonds is 1. The third-order valence-corrected chi connectivity index (χ3v) is 2.39. The maximum Gasteiger partial charge on any atom is 0.248 e. The maximum absolute atomic E-state index is 13.5. The second kappa shape index (κ2) is 4.63. The summed E-state index contributed by atoms with van der Waals surface area (Å²) in [6.07, 6.45) is 2.62. The summed E-state index contributed by atoms with van der Waals surface area (Å²) in [6, 6.07) is 3.62. The molecule has 0 atom stereocenters. The Kier molecular flexibility index (Phi) is 3.17. The summed E-state index contributed by atoms with van der Waals surface area (Å²) < 4.78 is 14.5. The van der Waals surface area contributed by atoms with Crippen LogP contribution in [0, 0.1) is 11.2 Å². The van der Waals surface area contributed by atoms with Crippen LogP contribution in [-0.4, -0.2) is 20.9 Å². The van der Waals surface area contributed by atoms with E-state index in [1.165, 1.54) is 24.5 Å². The minimum atomic E-state index is -0.716. The lowest BCUT2D eigenvalue weighted by Gasteiger charge is -2.17. The Balaban J connectivity index is 2.33. The first-order valence-corrected chi connectivity index (χ1v) is 5.20. The first kappa shape index (κ1) is 12.3. The van der Waals surface area contributed by atoms with Crippen molar-refractivity contribution in [1.82, 2.24) is 9.78 Å². The smallest absolute Gasteiger partial charge is 0.248 e. The van der Waals surface area contributed by atoms with E-state index in [1.54, 1.807) is 0 Å². The van der Waals surface area contributed by atoms with Crippen molar-refractivity contribution in [2.75, 3.05) is 10.8 Å². The average Bonchev–Trinajstić information content (AvgIpc) is 2.77. The number of nitrogens with one attached hydrogen (secondary N) is 1. The molecule has 1 heterocycles. The molecule has 2 rings (SSSR count). The van der Waals surface area contributed by atoms with E-state index < -0.39 is 11.8 Å². The fraction of sp³-hybridized carbons (Fsp3) is 0.